The first kappa shape index (κ1) is 14.9. The molecule has 3 rings (SSSR count). The van der Waals surface area contributed by atoms with Crippen LogP contribution in [-0.2, 0) is 9.53 Å². The molecule has 2 aliphatic heterocycles. The molecule has 1 amide bonds. The highest BCUT2D eigenvalue weighted by atomic mass is 16.6. The molecule has 3 N–H and O–H groups in total. The summed E-state index contributed by atoms with van der Waals surface area (Å²) in [6.07, 6.45) is -0.973. The lowest BCUT2D eigenvalue weighted by atomic mass is 9.86. The second kappa shape index (κ2) is 4.77. The van der Waals surface area contributed by atoms with Crippen LogP contribution in [0, 0.1) is 6.92 Å². The highest BCUT2D eigenvalue weighted by Gasteiger charge is 2.61. The van der Waals surface area contributed by atoms with Crippen LogP contribution in [0.2, 0.25) is 0 Å². The van der Waals surface area contributed by atoms with Gasteiger partial charge < -0.3 is 19.8 Å². The first-order valence-electron chi connectivity index (χ1n) is 6.85. The molecule has 2 saturated heterocycles. The molecule has 1 aromatic heterocycles. The minimum absolute atomic E-state index is 0.175. The second-order valence-corrected chi connectivity index (χ2v) is 5.83. The van der Waals surface area contributed by atoms with E-state index in [2.05, 4.69) is 4.98 Å². The number of aliphatic hydroxyl groups excluding tert-OH is 2. The number of aromatic amines is 1. The Labute approximate surface area is 124 Å². The molecule has 0 aliphatic carbocycles. The number of hydrogen-bond donors (Lipinski definition) is 3. The number of aliphatic hydroxyl groups is 2. The predicted octanol–water partition coefficient (Wildman–Crippen LogP) is -2.30. The number of rotatable bonds is 2. The maximum atomic E-state index is 12.0. The Morgan fingerprint density at radius 2 is 2.14 bits per heavy atom. The van der Waals surface area contributed by atoms with Crippen molar-refractivity contribution in [1.82, 2.24) is 14.5 Å². The lowest BCUT2D eigenvalue weighted by Gasteiger charge is -2.38. The number of ether oxygens (including phenoxy) is 1. The van der Waals surface area contributed by atoms with Crippen LogP contribution in [0.1, 0.15) is 18.2 Å². The number of carbonyl (C=O) groups is 1. The van der Waals surface area contributed by atoms with Gasteiger partial charge in [0.15, 0.2) is 6.23 Å². The van der Waals surface area contributed by atoms with Crippen LogP contribution >= 0.6 is 0 Å². The summed E-state index contributed by atoms with van der Waals surface area (Å²) in [6.45, 7) is 0.987. The van der Waals surface area contributed by atoms with Gasteiger partial charge in [0, 0.05) is 18.8 Å². The van der Waals surface area contributed by atoms with Crippen LogP contribution in [-0.4, -0.2) is 62.0 Å². The molecule has 1 aromatic rings. The number of piperidine rings is 1. The van der Waals surface area contributed by atoms with Gasteiger partial charge in [-0.3, -0.25) is 19.1 Å². The monoisotopic (exact) mass is 311 g/mol. The number of nitrogens with zero attached hydrogens (tertiary/aromatic N) is 2. The molecule has 0 radical (unpaired) electrons. The molecule has 3 heterocycles. The Bertz CT molecular complexity index is 740. The number of fused-ring (bicyclic) bond motifs is 2. The summed E-state index contributed by atoms with van der Waals surface area (Å²) in [7, 11) is 1.50. The van der Waals surface area contributed by atoms with Gasteiger partial charge in [0.2, 0.25) is 5.91 Å². The van der Waals surface area contributed by atoms with Gasteiger partial charge in [-0.2, -0.15) is 0 Å². The van der Waals surface area contributed by atoms with Crippen molar-refractivity contribution in [3.63, 3.8) is 0 Å². The van der Waals surface area contributed by atoms with E-state index in [1.54, 1.807) is 0 Å². The molecule has 2 fully saturated rings. The van der Waals surface area contributed by atoms with Crippen molar-refractivity contribution in [3.05, 3.63) is 32.6 Å². The van der Waals surface area contributed by atoms with Gasteiger partial charge in [-0.25, -0.2) is 4.79 Å². The summed E-state index contributed by atoms with van der Waals surface area (Å²) < 4.78 is 6.85. The second-order valence-electron chi connectivity index (χ2n) is 5.83. The van der Waals surface area contributed by atoms with Crippen molar-refractivity contribution < 1.29 is 19.7 Å². The van der Waals surface area contributed by atoms with Gasteiger partial charge in [-0.05, 0) is 6.92 Å². The summed E-state index contributed by atoms with van der Waals surface area (Å²) in [4.78, 5) is 39.0. The summed E-state index contributed by atoms with van der Waals surface area (Å²) in [6, 6.07) is -0.823. The number of likely N-dealkylation sites (N-methyl/N-ethyl adjacent to an activating group) is 1. The quantitative estimate of drug-likeness (QED) is 0.564. The zero-order chi connectivity index (χ0) is 16.2. The van der Waals surface area contributed by atoms with Crippen LogP contribution in [0.15, 0.2) is 15.8 Å². The molecule has 0 saturated carbocycles. The van der Waals surface area contributed by atoms with Crippen molar-refractivity contribution in [2.45, 2.75) is 37.3 Å². The smallest absolute Gasteiger partial charge is 0.330 e. The number of aromatic nitrogens is 2. The molecule has 2 bridgehead atoms. The zero-order valence-electron chi connectivity index (χ0n) is 12.1. The minimum atomic E-state index is -1.43. The molecular formula is C13H17N3O6. The predicted molar refractivity (Wildman–Crippen MR) is 73.2 cm³/mol. The Morgan fingerprint density at radius 3 is 2.77 bits per heavy atom. The third-order valence-corrected chi connectivity index (χ3v) is 4.49. The fraction of sp³-hybridized carbons (Fsp3) is 0.615. The summed E-state index contributed by atoms with van der Waals surface area (Å²) >= 11 is 0. The average molecular weight is 311 g/mol. The van der Waals surface area contributed by atoms with Crippen LogP contribution in [0.4, 0.5) is 0 Å². The van der Waals surface area contributed by atoms with Crippen LogP contribution in [0.3, 0.4) is 0 Å². The highest BCUT2D eigenvalue weighted by Crippen LogP contribution is 2.44. The molecule has 22 heavy (non-hydrogen) atoms. The number of H-pyrrole nitrogens is 1. The van der Waals surface area contributed by atoms with E-state index in [0.717, 1.165) is 4.57 Å². The van der Waals surface area contributed by atoms with E-state index in [1.807, 2.05) is 0 Å². The third-order valence-electron chi connectivity index (χ3n) is 4.49. The number of nitrogens with one attached hydrogen (secondary N) is 1. The van der Waals surface area contributed by atoms with Crippen molar-refractivity contribution in [2.24, 2.45) is 0 Å². The van der Waals surface area contributed by atoms with Crippen molar-refractivity contribution in [2.75, 3.05) is 13.7 Å². The lowest BCUT2D eigenvalue weighted by Crippen LogP contribution is -2.59. The largest absolute Gasteiger partial charge is 0.393 e. The van der Waals surface area contributed by atoms with Crippen LogP contribution in [0.25, 0.3) is 0 Å². The summed E-state index contributed by atoms with van der Waals surface area (Å²) in [5.74, 6) is -0.291. The maximum absolute atomic E-state index is 12.0. The Kier molecular flexibility index (Phi) is 3.24. The van der Waals surface area contributed by atoms with Gasteiger partial charge in [0.05, 0.1) is 13.0 Å². The van der Waals surface area contributed by atoms with Crippen molar-refractivity contribution in [3.8, 4) is 0 Å². The Morgan fingerprint density at radius 1 is 1.45 bits per heavy atom. The van der Waals surface area contributed by atoms with Gasteiger partial charge in [-0.15, -0.1) is 0 Å². The maximum Gasteiger partial charge on any atom is 0.330 e. The normalized spacial score (nSPS) is 34.3. The van der Waals surface area contributed by atoms with Gasteiger partial charge >= 0.3 is 5.69 Å². The van der Waals surface area contributed by atoms with Gasteiger partial charge in [0.25, 0.3) is 5.56 Å². The topological polar surface area (TPSA) is 125 Å². The number of aryl methyl sites for hydroxylation is 1. The molecule has 4 atom stereocenters. The minimum Gasteiger partial charge on any atom is -0.393 e. The first-order chi connectivity index (χ1) is 10.3. The molecule has 120 valence electrons. The van der Waals surface area contributed by atoms with E-state index in [-0.39, 0.29) is 12.3 Å². The van der Waals surface area contributed by atoms with Crippen molar-refractivity contribution in [1.29, 1.82) is 0 Å². The fourth-order valence-corrected chi connectivity index (χ4v) is 3.13. The van der Waals surface area contributed by atoms with E-state index >= 15 is 0 Å². The van der Waals surface area contributed by atoms with Crippen LogP contribution < -0.4 is 11.2 Å². The third kappa shape index (κ3) is 1.86. The number of amides is 1. The van der Waals surface area contributed by atoms with E-state index in [9.17, 15) is 24.6 Å². The SMILES string of the molecule is Cc1cn([C@@H]2O[C@@]3(CO)CC(=O)N(C)[C@@H]2[C@@H]3O)c(=O)[nH]c1=O. The summed E-state index contributed by atoms with van der Waals surface area (Å²) in [5.41, 5.74) is -2.34. The van der Waals surface area contributed by atoms with Crippen LogP contribution in [0.5, 0.6) is 0 Å². The summed E-state index contributed by atoms with van der Waals surface area (Å²) in [5, 5.41) is 20.0. The van der Waals surface area contributed by atoms with E-state index in [4.69, 9.17) is 4.74 Å². The molecule has 0 aromatic carbocycles. The molecule has 2 aliphatic rings. The Balaban J connectivity index is 2.13. The number of carbonyl (C=O) groups excluding carboxylic acids is 1. The standard InChI is InChI=1S/C13H17N3O6/c1-6-4-16(12(21)14-10(6)20)11-8-9(19)13(5-17,22-11)3-7(18)15(8)2/h4,8-9,11,17,19H,3,5H2,1-2H3,(H,14,20,21)/t8-,9+,11-,13-/m1/s1. The average Bonchev–Trinajstić information content (AvgIpc) is 2.68. The number of likely N-dealkylation sites (tertiary alicyclic amines) is 1. The molecule has 0 unspecified atom stereocenters. The first-order valence-corrected chi connectivity index (χ1v) is 6.85. The van der Waals surface area contributed by atoms with Crippen molar-refractivity contribution >= 4 is 5.91 Å². The van der Waals surface area contributed by atoms with E-state index in [1.165, 1.54) is 25.1 Å². The number of hydrogen-bond acceptors (Lipinski definition) is 6. The van der Waals surface area contributed by atoms with E-state index in [0.29, 0.717) is 5.56 Å². The van der Waals surface area contributed by atoms with Gasteiger partial charge in [-0.1, -0.05) is 0 Å². The molecule has 9 nitrogen and oxygen atoms in total. The van der Waals surface area contributed by atoms with E-state index < -0.39 is 41.8 Å². The lowest BCUT2D eigenvalue weighted by molar-refractivity contribution is -0.158. The van der Waals surface area contributed by atoms with Gasteiger partial charge in [0.1, 0.15) is 17.7 Å². The fourth-order valence-electron chi connectivity index (χ4n) is 3.13. The molecule has 0 spiro atoms. The molecule has 9 heteroatoms. The molecular weight excluding hydrogens is 294 g/mol. The zero-order valence-corrected chi connectivity index (χ0v) is 12.1. The highest BCUT2D eigenvalue weighted by molar-refractivity contribution is 5.79. The Hall–Kier alpha value is -1.97.